The summed E-state index contributed by atoms with van der Waals surface area (Å²) in [5.41, 5.74) is 7.44. The van der Waals surface area contributed by atoms with Gasteiger partial charge in [-0.1, -0.05) is 24.3 Å². The lowest BCUT2D eigenvalue weighted by atomic mass is 10.0. The smallest absolute Gasteiger partial charge is 0.352 e. The number of hydrogen-bond donors (Lipinski definition) is 4. The molecule has 3 rings (SSSR count). The minimum atomic E-state index is -1.26. The number of fused-ring (bicyclic) bond motifs is 1. The summed E-state index contributed by atoms with van der Waals surface area (Å²) in [4.78, 5) is 37.3. The maximum absolute atomic E-state index is 12.4. The Morgan fingerprint density at radius 2 is 2.00 bits per heavy atom. The van der Waals surface area contributed by atoms with E-state index in [0.717, 1.165) is 16.0 Å². The van der Waals surface area contributed by atoms with Crippen LogP contribution < -0.4 is 11.1 Å². The molecule has 0 radical (unpaired) electrons. The van der Waals surface area contributed by atoms with Crippen LogP contribution in [0.2, 0.25) is 0 Å². The van der Waals surface area contributed by atoms with Crippen LogP contribution in [0.1, 0.15) is 11.1 Å². The summed E-state index contributed by atoms with van der Waals surface area (Å²) in [6.45, 7) is -0.104. The molecule has 2 aliphatic rings. The van der Waals surface area contributed by atoms with Gasteiger partial charge in [0.15, 0.2) is 0 Å². The van der Waals surface area contributed by atoms with E-state index in [1.54, 1.807) is 0 Å². The second kappa shape index (κ2) is 7.48. The van der Waals surface area contributed by atoms with Crippen molar-refractivity contribution in [2.24, 2.45) is 5.73 Å². The third-order valence-corrected chi connectivity index (χ3v) is 5.79. The molecule has 0 saturated carbocycles. The number of carboxylic acids is 1. The van der Waals surface area contributed by atoms with Crippen molar-refractivity contribution in [3.8, 4) is 0 Å². The van der Waals surface area contributed by atoms with Crippen LogP contribution in [0.15, 0.2) is 35.5 Å². The normalized spacial score (nSPS) is 21.9. The fourth-order valence-corrected chi connectivity index (χ4v) is 4.47. The number of aliphatic hydroxyl groups excluding tert-OH is 1. The summed E-state index contributed by atoms with van der Waals surface area (Å²) >= 11 is 1.32. The van der Waals surface area contributed by atoms with Crippen LogP contribution in [0.25, 0.3) is 0 Å². The molecule has 1 aromatic rings. The zero-order valence-electron chi connectivity index (χ0n) is 13.8. The number of carboxylic acid groups (broad SMARTS) is 1. The van der Waals surface area contributed by atoms with E-state index >= 15 is 0 Å². The minimum absolute atomic E-state index is 0.0953. The van der Waals surface area contributed by atoms with Crippen LogP contribution in [0.3, 0.4) is 0 Å². The van der Waals surface area contributed by atoms with Gasteiger partial charge in [0, 0.05) is 12.3 Å². The number of rotatable bonds is 6. The molecule has 2 amide bonds. The number of nitrogens with one attached hydrogen (secondary N) is 1. The maximum Gasteiger partial charge on any atom is 0.352 e. The molecule has 1 aromatic carbocycles. The van der Waals surface area contributed by atoms with Gasteiger partial charge in [-0.2, -0.15) is 0 Å². The zero-order valence-corrected chi connectivity index (χ0v) is 14.7. The monoisotopic (exact) mass is 377 g/mol. The molecule has 0 aromatic heterocycles. The molecule has 8 nitrogen and oxygen atoms in total. The highest BCUT2D eigenvalue weighted by Crippen LogP contribution is 2.40. The number of β-lactam (4-membered cyclic amide) rings is 1. The molecule has 2 atom stereocenters. The number of nitrogens with two attached hydrogens (primary N) is 1. The van der Waals surface area contributed by atoms with E-state index < -0.39 is 29.9 Å². The Bertz CT molecular complexity index is 794. The van der Waals surface area contributed by atoms with Gasteiger partial charge in [-0.05, 0) is 16.7 Å². The Hall–Kier alpha value is -2.36. The Morgan fingerprint density at radius 3 is 2.62 bits per heavy atom. The number of carbonyl (C=O) groups excluding carboxylic acids is 2. The molecule has 0 aliphatic carbocycles. The molecule has 2 heterocycles. The lowest BCUT2D eigenvalue weighted by Crippen LogP contribution is -2.70. The first-order valence-electron chi connectivity index (χ1n) is 8.05. The summed E-state index contributed by atoms with van der Waals surface area (Å²) in [5.74, 6) is -1.76. The van der Waals surface area contributed by atoms with E-state index in [-0.39, 0.29) is 18.0 Å². The van der Waals surface area contributed by atoms with Crippen molar-refractivity contribution in [2.45, 2.75) is 24.4 Å². The van der Waals surface area contributed by atoms with Crippen molar-refractivity contribution in [1.29, 1.82) is 0 Å². The van der Waals surface area contributed by atoms with Gasteiger partial charge in [0.05, 0.1) is 13.0 Å². The molecular formula is C17H19N3O5S. The first-order valence-corrected chi connectivity index (χ1v) is 9.09. The van der Waals surface area contributed by atoms with E-state index in [4.69, 9.17) is 5.73 Å². The average molecular weight is 377 g/mol. The van der Waals surface area contributed by atoms with E-state index in [2.05, 4.69) is 5.32 Å². The number of hydrogen-bond acceptors (Lipinski definition) is 6. The van der Waals surface area contributed by atoms with Crippen LogP contribution >= 0.6 is 11.8 Å². The Morgan fingerprint density at radius 1 is 1.31 bits per heavy atom. The van der Waals surface area contributed by atoms with Gasteiger partial charge in [-0.3, -0.25) is 14.5 Å². The van der Waals surface area contributed by atoms with Crippen molar-refractivity contribution in [3.05, 3.63) is 46.7 Å². The number of carbonyl (C=O) groups is 3. The Kier molecular flexibility index (Phi) is 5.30. The summed E-state index contributed by atoms with van der Waals surface area (Å²) < 4.78 is 0. The quantitative estimate of drug-likeness (QED) is 0.487. The van der Waals surface area contributed by atoms with Crippen LogP contribution in [0.4, 0.5) is 0 Å². The molecule has 5 N–H and O–H groups in total. The summed E-state index contributed by atoms with van der Waals surface area (Å²) in [6.07, 6.45) is 0.0953. The number of benzene rings is 1. The van der Waals surface area contributed by atoms with Crippen LogP contribution in [-0.2, 0) is 27.3 Å². The lowest BCUT2D eigenvalue weighted by molar-refractivity contribution is -0.150. The van der Waals surface area contributed by atoms with Crippen molar-refractivity contribution >= 4 is 29.5 Å². The molecule has 138 valence electrons. The number of aliphatic carboxylic acids is 1. The molecule has 0 unspecified atom stereocenters. The first kappa shape index (κ1) is 18.4. The van der Waals surface area contributed by atoms with Gasteiger partial charge in [-0.25, -0.2) is 4.79 Å². The van der Waals surface area contributed by atoms with E-state index in [9.17, 15) is 24.6 Å². The van der Waals surface area contributed by atoms with Gasteiger partial charge >= 0.3 is 5.97 Å². The number of thioether (sulfide) groups is 1. The highest BCUT2D eigenvalue weighted by atomic mass is 32.2. The van der Waals surface area contributed by atoms with Gasteiger partial charge in [0.25, 0.3) is 5.91 Å². The average Bonchev–Trinajstić information content (AvgIpc) is 2.65. The predicted octanol–water partition coefficient (Wildman–Crippen LogP) is -0.581. The van der Waals surface area contributed by atoms with E-state index in [0.29, 0.717) is 17.9 Å². The molecule has 0 bridgehead atoms. The van der Waals surface area contributed by atoms with E-state index in [1.807, 2.05) is 24.3 Å². The lowest BCUT2D eigenvalue weighted by Gasteiger charge is -2.49. The van der Waals surface area contributed by atoms with Crippen molar-refractivity contribution < 1.29 is 24.6 Å². The second-order valence-corrected chi connectivity index (χ2v) is 7.13. The van der Waals surface area contributed by atoms with Crippen molar-refractivity contribution in [2.75, 3.05) is 12.4 Å². The van der Waals surface area contributed by atoms with Gasteiger partial charge < -0.3 is 21.3 Å². The second-order valence-electron chi connectivity index (χ2n) is 6.02. The fourth-order valence-electron chi connectivity index (χ4n) is 3.13. The third kappa shape index (κ3) is 3.20. The van der Waals surface area contributed by atoms with Crippen LogP contribution in [-0.4, -0.2) is 56.7 Å². The molecular weight excluding hydrogens is 358 g/mol. The van der Waals surface area contributed by atoms with Gasteiger partial charge in [-0.15, -0.1) is 11.8 Å². The van der Waals surface area contributed by atoms with Gasteiger partial charge in [0.1, 0.15) is 17.1 Å². The van der Waals surface area contributed by atoms with Crippen molar-refractivity contribution in [1.82, 2.24) is 10.2 Å². The molecule has 1 saturated heterocycles. The molecule has 0 spiro atoms. The standard InChI is InChI=1S/C17H19N3O5S/c18-6-10-4-2-1-3-9(10)5-12(22)19-13-15(23)20-14(17(24)25)11(7-21)8-26-16(13)20/h1-4,13,16,21H,5-8,18H2,(H,19,22)(H,24,25)/t13-,16-/m0/s1. The Labute approximate surface area is 154 Å². The number of aliphatic hydroxyl groups is 1. The fraction of sp³-hybridized carbons (Fsp3) is 0.353. The van der Waals surface area contributed by atoms with Crippen LogP contribution in [0, 0.1) is 0 Å². The predicted molar refractivity (Wildman–Crippen MR) is 94.8 cm³/mol. The summed E-state index contributed by atoms with van der Waals surface area (Å²) in [6, 6.07) is 6.54. The molecule has 1 fully saturated rings. The zero-order chi connectivity index (χ0) is 18.8. The van der Waals surface area contributed by atoms with Crippen molar-refractivity contribution in [3.63, 3.8) is 0 Å². The SMILES string of the molecule is NCc1ccccc1CC(=O)N[C@H]1C(=O)N2C(C(=O)O)=C(CO)CS[C@@H]12. The molecule has 26 heavy (non-hydrogen) atoms. The van der Waals surface area contributed by atoms with Gasteiger partial charge in [0.2, 0.25) is 5.91 Å². The molecule has 9 heteroatoms. The summed E-state index contributed by atoms with van der Waals surface area (Å²) in [7, 11) is 0. The first-order chi connectivity index (χ1) is 12.5. The van der Waals surface area contributed by atoms with Crippen LogP contribution in [0.5, 0.6) is 0 Å². The highest BCUT2D eigenvalue weighted by molar-refractivity contribution is 8.00. The van der Waals surface area contributed by atoms with E-state index in [1.165, 1.54) is 11.8 Å². The largest absolute Gasteiger partial charge is 0.477 e. The number of nitrogens with zero attached hydrogens (tertiary/aromatic N) is 1. The highest BCUT2D eigenvalue weighted by Gasteiger charge is 2.54. The number of amides is 2. The third-order valence-electron chi connectivity index (χ3n) is 4.45. The molecule has 2 aliphatic heterocycles. The topological polar surface area (TPSA) is 133 Å². The summed E-state index contributed by atoms with van der Waals surface area (Å²) in [5, 5.41) is 20.8. The Balaban J connectivity index is 1.70. The maximum atomic E-state index is 12.4. The minimum Gasteiger partial charge on any atom is -0.477 e.